The molecule has 4 nitrogen and oxygen atoms in total. The molecule has 1 aliphatic rings. The highest BCUT2D eigenvalue weighted by molar-refractivity contribution is 5.83. The monoisotopic (exact) mass is 344 g/mol. The van der Waals surface area contributed by atoms with E-state index in [1.807, 2.05) is 6.92 Å². The van der Waals surface area contributed by atoms with E-state index in [0.29, 0.717) is 44.7 Å². The van der Waals surface area contributed by atoms with Crippen LogP contribution in [0.15, 0.2) is 24.3 Å². The molecule has 1 fully saturated rings. The Hall–Kier alpha value is -1.60. The summed E-state index contributed by atoms with van der Waals surface area (Å²) in [5.74, 6) is -0.683. The van der Waals surface area contributed by atoms with Gasteiger partial charge in [0, 0.05) is 32.7 Å². The van der Waals surface area contributed by atoms with E-state index in [1.165, 1.54) is 6.07 Å². The van der Waals surface area contributed by atoms with Gasteiger partial charge < -0.3 is 10.0 Å². The Kier molecular flexibility index (Phi) is 6.23. The normalized spacial score (nSPS) is 17.8. The molecular weight excluding hydrogens is 321 g/mol. The van der Waals surface area contributed by atoms with Crippen molar-refractivity contribution in [2.75, 3.05) is 39.3 Å². The first-order valence-electron chi connectivity index (χ1n) is 8.16. The van der Waals surface area contributed by atoms with Crippen molar-refractivity contribution >= 4 is 5.91 Å². The second kappa shape index (κ2) is 7.98. The number of β-amino-alcohol motifs (C(OH)–C–C–N with tert-alkyl or cyclic N) is 1. The SMILES string of the molecule is CCC(C(=O)N1CCN(CCO)CC1)c1cccc(C(F)(F)F)c1. The predicted molar refractivity (Wildman–Crippen MR) is 84.6 cm³/mol. The van der Waals surface area contributed by atoms with Crippen LogP contribution in [0.5, 0.6) is 0 Å². The van der Waals surface area contributed by atoms with Crippen LogP contribution < -0.4 is 0 Å². The van der Waals surface area contributed by atoms with E-state index in [-0.39, 0.29) is 12.5 Å². The highest BCUT2D eigenvalue weighted by Gasteiger charge is 2.32. The summed E-state index contributed by atoms with van der Waals surface area (Å²) in [4.78, 5) is 16.5. The number of alkyl halides is 3. The number of aliphatic hydroxyl groups excluding tert-OH is 1. The number of rotatable bonds is 5. The van der Waals surface area contributed by atoms with Crippen molar-refractivity contribution in [1.29, 1.82) is 0 Å². The van der Waals surface area contributed by atoms with Gasteiger partial charge in [-0.05, 0) is 18.1 Å². The molecule has 0 aliphatic carbocycles. The van der Waals surface area contributed by atoms with Crippen LogP contribution in [0.25, 0.3) is 0 Å². The van der Waals surface area contributed by atoms with E-state index in [0.717, 1.165) is 12.1 Å². The summed E-state index contributed by atoms with van der Waals surface area (Å²) >= 11 is 0. The molecule has 1 heterocycles. The van der Waals surface area contributed by atoms with Crippen LogP contribution in [-0.4, -0.2) is 60.1 Å². The summed E-state index contributed by atoms with van der Waals surface area (Å²) in [5.41, 5.74) is -0.311. The quantitative estimate of drug-likeness (QED) is 0.892. The number of piperazine rings is 1. The van der Waals surface area contributed by atoms with Gasteiger partial charge in [0.15, 0.2) is 0 Å². The molecule has 1 amide bonds. The summed E-state index contributed by atoms with van der Waals surface area (Å²) < 4.78 is 38.7. The number of amides is 1. The van der Waals surface area contributed by atoms with Gasteiger partial charge in [0.2, 0.25) is 5.91 Å². The summed E-state index contributed by atoms with van der Waals surface area (Å²) in [5, 5.41) is 8.95. The number of aliphatic hydroxyl groups is 1. The average molecular weight is 344 g/mol. The minimum Gasteiger partial charge on any atom is -0.395 e. The first kappa shape index (κ1) is 18.7. The summed E-state index contributed by atoms with van der Waals surface area (Å²) in [7, 11) is 0. The second-order valence-electron chi connectivity index (χ2n) is 5.97. The predicted octanol–water partition coefficient (Wildman–Crippen LogP) is 2.34. The molecule has 0 radical (unpaired) electrons. The molecule has 1 aromatic rings. The highest BCUT2D eigenvalue weighted by Crippen LogP contribution is 2.32. The van der Waals surface area contributed by atoms with E-state index in [1.54, 1.807) is 11.0 Å². The molecule has 1 unspecified atom stereocenters. The van der Waals surface area contributed by atoms with Gasteiger partial charge in [-0.1, -0.05) is 25.1 Å². The fraction of sp³-hybridized carbons (Fsp3) is 0.588. The smallest absolute Gasteiger partial charge is 0.395 e. The van der Waals surface area contributed by atoms with Crippen molar-refractivity contribution in [2.45, 2.75) is 25.4 Å². The van der Waals surface area contributed by atoms with Gasteiger partial charge in [0.05, 0.1) is 18.1 Å². The molecule has 1 aliphatic heterocycles. The van der Waals surface area contributed by atoms with Crippen LogP contribution in [0.3, 0.4) is 0 Å². The molecule has 1 saturated heterocycles. The van der Waals surface area contributed by atoms with Crippen LogP contribution >= 0.6 is 0 Å². The van der Waals surface area contributed by atoms with E-state index >= 15 is 0 Å². The molecule has 134 valence electrons. The zero-order valence-corrected chi connectivity index (χ0v) is 13.7. The maximum atomic E-state index is 12.9. The third kappa shape index (κ3) is 4.48. The number of hydrogen-bond acceptors (Lipinski definition) is 3. The molecule has 1 atom stereocenters. The molecule has 0 spiro atoms. The molecule has 0 saturated carbocycles. The Balaban J connectivity index is 2.10. The van der Waals surface area contributed by atoms with Crippen molar-refractivity contribution in [3.8, 4) is 0 Å². The van der Waals surface area contributed by atoms with Crippen LogP contribution in [0.4, 0.5) is 13.2 Å². The lowest BCUT2D eigenvalue weighted by molar-refractivity contribution is -0.138. The molecule has 1 aromatic carbocycles. The molecule has 0 bridgehead atoms. The molecule has 7 heteroatoms. The molecule has 0 aromatic heterocycles. The highest BCUT2D eigenvalue weighted by atomic mass is 19.4. The topological polar surface area (TPSA) is 43.8 Å². The maximum Gasteiger partial charge on any atom is 0.416 e. The molecule has 1 N–H and O–H groups in total. The molecular formula is C17H23F3N2O2. The number of hydrogen-bond donors (Lipinski definition) is 1. The van der Waals surface area contributed by atoms with E-state index in [4.69, 9.17) is 5.11 Å². The van der Waals surface area contributed by atoms with Crippen LogP contribution in [-0.2, 0) is 11.0 Å². The Labute approximate surface area is 139 Å². The third-order valence-electron chi connectivity index (χ3n) is 4.42. The first-order valence-corrected chi connectivity index (χ1v) is 8.16. The number of carbonyl (C=O) groups excluding carboxylic acids is 1. The maximum absolute atomic E-state index is 12.9. The number of halogens is 3. The van der Waals surface area contributed by atoms with Crippen molar-refractivity contribution in [1.82, 2.24) is 9.80 Å². The van der Waals surface area contributed by atoms with Crippen molar-refractivity contribution in [3.05, 3.63) is 35.4 Å². The first-order chi connectivity index (χ1) is 11.4. The molecule has 24 heavy (non-hydrogen) atoms. The van der Waals surface area contributed by atoms with Crippen molar-refractivity contribution < 1.29 is 23.1 Å². The van der Waals surface area contributed by atoms with Crippen LogP contribution in [0, 0.1) is 0 Å². The van der Waals surface area contributed by atoms with Crippen molar-refractivity contribution in [3.63, 3.8) is 0 Å². The number of carbonyl (C=O) groups is 1. The lowest BCUT2D eigenvalue weighted by atomic mass is 9.93. The van der Waals surface area contributed by atoms with Gasteiger partial charge in [-0.2, -0.15) is 13.2 Å². The zero-order chi connectivity index (χ0) is 17.7. The lowest BCUT2D eigenvalue weighted by Crippen LogP contribution is -2.50. The standard InChI is InChI=1S/C17H23F3N2O2/c1-2-15(13-4-3-5-14(12-13)17(18,19)20)16(24)22-8-6-21(7-9-22)10-11-23/h3-5,12,15,23H,2,6-11H2,1H3. The minimum absolute atomic E-state index is 0.0791. The van der Waals surface area contributed by atoms with Crippen LogP contribution in [0.2, 0.25) is 0 Å². The zero-order valence-electron chi connectivity index (χ0n) is 13.7. The van der Waals surface area contributed by atoms with Gasteiger partial charge in [-0.25, -0.2) is 0 Å². The fourth-order valence-corrected chi connectivity index (χ4v) is 3.04. The third-order valence-corrected chi connectivity index (χ3v) is 4.42. The Morgan fingerprint density at radius 2 is 1.92 bits per heavy atom. The molecule has 2 rings (SSSR count). The Morgan fingerprint density at radius 1 is 1.25 bits per heavy atom. The average Bonchev–Trinajstić information content (AvgIpc) is 2.56. The largest absolute Gasteiger partial charge is 0.416 e. The lowest BCUT2D eigenvalue weighted by Gasteiger charge is -2.36. The van der Waals surface area contributed by atoms with Gasteiger partial charge in [-0.15, -0.1) is 0 Å². The summed E-state index contributed by atoms with van der Waals surface area (Å²) in [6, 6.07) is 5.04. The minimum atomic E-state index is -4.41. The van der Waals surface area contributed by atoms with E-state index < -0.39 is 17.7 Å². The van der Waals surface area contributed by atoms with E-state index in [9.17, 15) is 18.0 Å². The number of benzene rings is 1. The number of nitrogens with zero attached hydrogens (tertiary/aromatic N) is 2. The Bertz CT molecular complexity index is 555. The Morgan fingerprint density at radius 3 is 2.46 bits per heavy atom. The van der Waals surface area contributed by atoms with Gasteiger partial charge >= 0.3 is 6.18 Å². The van der Waals surface area contributed by atoms with Crippen LogP contribution in [0.1, 0.15) is 30.4 Å². The summed E-state index contributed by atoms with van der Waals surface area (Å²) in [6.45, 7) is 4.88. The van der Waals surface area contributed by atoms with Gasteiger partial charge in [0.1, 0.15) is 0 Å². The van der Waals surface area contributed by atoms with Gasteiger partial charge in [0.25, 0.3) is 0 Å². The van der Waals surface area contributed by atoms with Crippen molar-refractivity contribution in [2.24, 2.45) is 0 Å². The fourth-order valence-electron chi connectivity index (χ4n) is 3.04. The second-order valence-corrected chi connectivity index (χ2v) is 5.97. The van der Waals surface area contributed by atoms with E-state index in [2.05, 4.69) is 4.90 Å². The van der Waals surface area contributed by atoms with Gasteiger partial charge in [-0.3, -0.25) is 9.69 Å². The summed E-state index contributed by atoms with van der Waals surface area (Å²) in [6.07, 6.45) is -3.95.